The first-order valence-corrected chi connectivity index (χ1v) is 10.9. The Morgan fingerprint density at radius 1 is 0.875 bits per heavy atom. The molecule has 0 saturated carbocycles. The lowest BCUT2D eigenvalue weighted by Crippen LogP contribution is -2.37. The molecule has 0 bridgehead atoms. The highest BCUT2D eigenvalue weighted by molar-refractivity contribution is 6.45. The monoisotopic (exact) mass is 436 g/mol. The van der Waals surface area contributed by atoms with Crippen LogP contribution in [0.5, 0.6) is 0 Å². The number of imide groups is 1. The van der Waals surface area contributed by atoms with Crippen LogP contribution in [0.15, 0.2) is 48.2 Å². The van der Waals surface area contributed by atoms with Crippen LogP contribution in [0.25, 0.3) is 5.57 Å². The number of amides is 2. The summed E-state index contributed by atoms with van der Waals surface area (Å²) in [5.74, 6) is -0.623. The van der Waals surface area contributed by atoms with Crippen molar-refractivity contribution in [2.24, 2.45) is 0 Å². The second kappa shape index (κ2) is 10.6. The Hall–Kier alpha value is -2.96. The first-order valence-electron chi connectivity index (χ1n) is 10.9. The molecule has 1 aliphatic heterocycles. The van der Waals surface area contributed by atoms with Crippen molar-refractivity contribution in [3.8, 4) is 0 Å². The predicted octanol–water partition coefficient (Wildman–Crippen LogP) is 3.75. The van der Waals surface area contributed by atoms with E-state index in [4.69, 9.17) is 9.47 Å². The highest BCUT2D eigenvalue weighted by Crippen LogP contribution is 2.36. The van der Waals surface area contributed by atoms with Crippen LogP contribution in [-0.2, 0) is 25.5 Å². The highest BCUT2D eigenvalue weighted by Gasteiger charge is 2.42. The molecular weight excluding hydrogens is 404 g/mol. The molecule has 1 heterocycles. The zero-order valence-corrected chi connectivity index (χ0v) is 19.6. The zero-order chi connectivity index (χ0) is 23.3. The van der Waals surface area contributed by atoms with Crippen LogP contribution in [0.1, 0.15) is 29.2 Å². The van der Waals surface area contributed by atoms with Gasteiger partial charge in [0, 0.05) is 27.3 Å². The number of hydrogen-bond donors (Lipinski definition) is 0. The van der Waals surface area contributed by atoms with Crippen molar-refractivity contribution in [3.63, 3.8) is 0 Å². The van der Waals surface area contributed by atoms with Crippen LogP contribution >= 0.6 is 0 Å². The van der Waals surface area contributed by atoms with E-state index in [9.17, 15) is 9.59 Å². The average Bonchev–Trinajstić information content (AvgIpc) is 3.04. The number of benzene rings is 2. The number of anilines is 1. The quantitative estimate of drug-likeness (QED) is 0.531. The highest BCUT2D eigenvalue weighted by atomic mass is 16.5. The smallest absolute Gasteiger partial charge is 0.282 e. The van der Waals surface area contributed by atoms with Crippen LogP contribution in [0.3, 0.4) is 0 Å². The van der Waals surface area contributed by atoms with E-state index in [1.807, 2.05) is 61.2 Å². The number of carbonyl (C=O) groups excluding carboxylic acids is 2. The van der Waals surface area contributed by atoms with Gasteiger partial charge in [-0.2, -0.15) is 0 Å². The van der Waals surface area contributed by atoms with Gasteiger partial charge in [-0.15, -0.1) is 0 Å². The van der Waals surface area contributed by atoms with Gasteiger partial charge in [-0.05, 0) is 49.1 Å². The Morgan fingerprint density at radius 3 is 2.03 bits per heavy atom. The summed E-state index contributed by atoms with van der Waals surface area (Å²) < 4.78 is 10.6. The van der Waals surface area contributed by atoms with Crippen molar-refractivity contribution < 1.29 is 19.1 Å². The third-order valence-corrected chi connectivity index (χ3v) is 5.76. The third kappa shape index (κ3) is 4.76. The van der Waals surface area contributed by atoms with Crippen molar-refractivity contribution in [2.45, 2.75) is 27.2 Å². The van der Waals surface area contributed by atoms with Gasteiger partial charge in [0.2, 0.25) is 0 Å². The molecule has 6 nitrogen and oxygen atoms in total. The van der Waals surface area contributed by atoms with Gasteiger partial charge in [-0.3, -0.25) is 9.59 Å². The van der Waals surface area contributed by atoms with Gasteiger partial charge >= 0.3 is 0 Å². The molecule has 2 amide bonds. The maximum Gasteiger partial charge on any atom is 0.282 e. The summed E-state index contributed by atoms with van der Waals surface area (Å²) in [6.45, 7) is 7.87. The van der Waals surface area contributed by atoms with E-state index >= 15 is 0 Å². The summed E-state index contributed by atoms with van der Waals surface area (Å²) >= 11 is 0. The van der Waals surface area contributed by atoms with Crippen molar-refractivity contribution >= 4 is 23.1 Å². The predicted molar refractivity (Wildman–Crippen MR) is 126 cm³/mol. The Labute approximate surface area is 190 Å². The van der Waals surface area contributed by atoms with Crippen molar-refractivity contribution in [2.75, 3.05) is 45.4 Å². The number of hydrogen-bond acceptors (Lipinski definition) is 5. The summed E-state index contributed by atoms with van der Waals surface area (Å²) in [7, 11) is 3.24. The van der Waals surface area contributed by atoms with E-state index in [1.54, 1.807) is 14.2 Å². The Bertz CT molecular complexity index is 1000. The number of ether oxygens (including phenoxy) is 2. The van der Waals surface area contributed by atoms with Crippen LogP contribution < -0.4 is 4.90 Å². The fourth-order valence-corrected chi connectivity index (χ4v) is 4.00. The minimum atomic E-state index is -0.318. The van der Waals surface area contributed by atoms with Gasteiger partial charge < -0.3 is 14.4 Å². The Kier molecular flexibility index (Phi) is 7.83. The van der Waals surface area contributed by atoms with E-state index in [0.29, 0.717) is 43.3 Å². The molecule has 0 N–H and O–H groups in total. The van der Waals surface area contributed by atoms with Gasteiger partial charge in [-0.25, -0.2) is 4.90 Å². The van der Waals surface area contributed by atoms with Gasteiger partial charge in [0.05, 0.1) is 24.5 Å². The molecule has 0 radical (unpaired) electrons. The van der Waals surface area contributed by atoms with Gasteiger partial charge in [-0.1, -0.05) is 42.8 Å². The second-order valence-electron chi connectivity index (χ2n) is 7.98. The average molecular weight is 437 g/mol. The lowest BCUT2D eigenvalue weighted by Gasteiger charge is -2.26. The second-order valence-corrected chi connectivity index (χ2v) is 7.98. The molecule has 0 unspecified atom stereocenters. The lowest BCUT2D eigenvalue weighted by molar-refractivity contribution is -0.120. The van der Waals surface area contributed by atoms with Crippen molar-refractivity contribution in [1.29, 1.82) is 0 Å². The maximum atomic E-state index is 13.7. The van der Waals surface area contributed by atoms with E-state index in [2.05, 4.69) is 6.92 Å². The molecule has 6 heteroatoms. The molecule has 0 atom stereocenters. The number of methoxy groups -OCH3 is 2. The number of aryl methyl sites for hydroxylation is 3. The Balaban J connectivity index is 2.14. The molecule has 32 heavy (non-hydrogen) atoms. The van der Waals surface area contributed by atoms with Gasteiger partial charge in [0.1, 0.15) is 5.70 Å². The fourth-order valence-electron chi connectivity index (χ4n) is 4.00. The molecule has 2 aromatic rings. The first-order chi connectivity index (χ1) is 15.4. The molecule has 2 aromatic carbocycles. The summed E-state index contributed by atoms with van der Waals surface area (Å²) in [5.41, 5.74) is 5.39. The molecule has 0 saturated heterocycles. The summed E-state index contributed by atoms with van der Waals surface area (Å²) in [5, 5.41) is 0. The van der Waals surface area contributed by atoms with E-state index in [1.165, 1.54) is 4.90 Å². The normalized spacial score (nSPS) is 14.0. The van der Waals surface area contributed by atoms with E-state index in [0.717, 1.165) is 28.7 Å². The lowest BCUT2D eigenvalue weighted by atomic mass is 9.97. The molecule has 0 fully saturated rings. The fraction of sp³-hybridized carbons (Fsp3) is 0.385. The van der Waals surface area contributed by atoms with Crippen LogP contribution in [-0.4, -0.2) is 57.2 Å². The Morgan fingerprint density at radius 2 is 1.50 bits per heavy atom. The summed E-state index contributed by atoms with van der Waals surface area (Å²) in [6.07, 6.45) is 0.890. The van der Waals surface area contributed by atoms with Gasteiger partial charge in [0.15, 0.2) is 0 Å². The minimum absolute atomic E-state index is 0.305. The topological polar surface area (TPSA) is 59.1 Å². The van der Waals surface area contributed by atoms with Crippen molar-refractivity contribution in [3.05, 3.63) is 70.4 Å². The SMILES string of the molecule is CCc1ccc(N2C(=O)C(c3ccc(C)cc3C)=C(N(CCOC)CCOC)C2=O)cc1. The zero-order valence-electron chi connectivity index (χ0n) is 19.6. The van der Waals surface area contributed by atoms with Crippen LogP contribution in [0.2, 0.25) is 0 Å². The first kappa shape index (κ1) is 23.7. The number of rotatable bonds is 10. The van der Waals surface area contributed by atoms with Gasteiger partial charge in [0.25, 0.3) is 11.8 Å². The minimum Gasteiger partial charge on any atom is -0.383 e. The number of nitrogens with zero attached hydrogens (tertiary/aromatic N) is 2. The summed E-state index contributed by atoms with van der Waals surface area (Å²) in [6, 6.07) is 13.5. The molecule has 0 aliphatic carbocycles. The van der Waals surface area contributed by atoms with Crippen molar-refractivity contribution in [1.82, 2.24) is 4.90 Å². The molecule has 170 valence electrons. The molecule has 3 rings (SSSR count). The third-order valence-electron chi connectivity index (χ3n) is 5.76. The van der Waals surface area contributed by atoms with E-state index in [-0.39, 0.29) is 11.8 Å². The summed E-state index contributed by atoms with van der Waals surface area (Å²) in [4.78, 5) is 30.6. The maximum absolute atomic E-state index is 13.7. The molecule has 0 aromatic heterocycles. The largest absolute Gasteiger partial charge is 0.383 e. The molecule has 0 spiro atoms. The molecular formula is C26H32N2O4. The molecule has 1 aliphatic rings. The van der Waals surface area contributed by atoms with E-state index < -0.39 is 0 Å². The van der Waals surface area contributed by atoms with Crippen LogP contribution in [0, 0.1) is 13.8 Å². The standard InChI is InChI=1S/C26H32N2O4/c1-6-20-8-10-21(11-9-20)28-25(29)23(22-12-7-18(2)17-19(22)3)24(26(28)30)27(13-15-31-4)14-16-32-5/h7-12,17H,6,13-16H2,1-5H3. The number of carbonyl (C=O) groups is 2. The van der Waals surface area contributed by atoms with Crippen LogP contribution in [0.4, 0.5) is 5.69 Å².